The van der Waals surface area contributed by atoms with Gasteiger partial charge in [-0.1, -0.05) is 53.3 Å². The van der Waals surface area contributed by atoms with E-state index in [2.05, 4.69) is 57.5 Å². The number of nitrogens with one attached hydrogen (secondary N) is 2. The molecule has 0 saturated heterocycles. The normalized spacial score (nSPS) is 11.6. The standard InChI is InChI=1S/C18H13N5S2/c1-10-7-8-13-12(9-10)14(11-5-3-2-4-6-11)15(19-13)16-20-21-17-23(16)22-18(24)25-17/h2-9,19H,1H3,(H,22,24). The van der Waals surface area contributed by atoms with Crippen LogP contribution in [0.25, 0.3) is 38.5 Å². The lowest BCUT2D eigenvalue weighted by Crippen LogP contribution is -1.92. The number of hydrogen-bond donors (Lipinski definition) is 2. The van der Waals surface area contributed by atoms with Gasteiger partial charge in [0.05, 0.1) is 5.69 Å². The summed E-state index contributed by atoms with van der Waals surface area (Å²) in [6, 6.07) is 16.8. The van der Waals surface area contributed by atoms with Crippen molar-refractivity contribution in [3.63, 3.8) is 0 Å². The first-order valence-corrected chi connectivity index (χ1v) is 9.05. The van der Waals surface area contributed by atoms with Crippen molar-refractivity contribution < 1.29 is 0 Å². The minimum Gasteiger partial charge on any atom is -0.351 e. The molecule has 0 unspecified atom stereocenters. The van der Waals surface area contributed by atoms with Gasteiger partial charge in [0.25, 0.3) is 0 Å². The molecule has 25 heavy (non-hydrogen) atoms. The van der Waals surface area contributed by atoms with E-state index in [-0.39, 0.29) is 0 Å². The predicted octanol–water partition coefficient (Wildman–Crippen LogP) is 4.97. The molecule has 5 nitrogen and oxygen atoms in total. The van der Waals surface area contributed by atoms with Gasteiger partial charge >= 0.3 is 0 Å². The summed E-state index contributed by atoms with van der Waals surface area (Å²) in [6.07, 6.45) is 0. The van der Waals surface area contributed by atoms with Crippen LogP contribution in [0.2, 0.25) is 0 Å². The zero-order chi connectivity index (χ0) is 17.0. The molecule has 0 fully saturated rings. The van der Waals surface area contributed by atoms with Crippen molar-refractivity contribution in [1.82, 2.24) is 24.8 Å². The number of aromatic nitrogens is 5. The summed E-state index contributed by atoms with van der Waals surface area (Å²) in [6.45, 7) is 2.10. The number of H-pyrrole nitrogens is 2. The van der Waals surface area contributed by atoms with E-state index in [0.717, 1.165) is 33.1 Å². The van der Waals surface area contributed by atoms with E-state index < -0.39 is 0 Å². The molecule has 0 saturated carbocycles. The Morgan fingerprint density at radius 1 is 1.08 bits per heavy atom. The van der Waals surface area contributed by atoms with Crippen LogP contribution in [0, 0.1) is 10.9 Å². The van der Waals surface area contributed by atoms with Crippen molar-refractivity contribution in [2.24, 2.45) is 0 Å². The number of hydrogen-bond acceptors (Lipinski definition) is 4. The molecular weight excluding hydrogens is 350 g/mol. The highest BCUT2D eigenvalue weighted by Gasteiger charge is 2.20. The predicted molar refractivity (Wildman–Crippen MR) is 104 cm³/mol. The summed E-state index contributed by atoms with van der Waals surface area (Å²) >= 11 is 6.66. The van der Waals surface area contributed by atoms with Gasteiger partial charge in [0.1, 0.15) is 0 Å². The number of aryl methyl sites for hydroxylation is 1. The van der Waals surface area contributed by atoms with Crippen LogP contribution in [-0.4, -0.2) is 24.8 Å². The Morgan fingerprint density at radius 3 is 2.76 bits per heavy atom. The fourth-order valence-electron chi connectivity index (χ4n) is 3.17. The van der Waals surface area contributed by atoms with Crippen molar-refractivity contribution in [1.29, 1.82) is 0 Å². The zero-order valence-corrected chi connectivity index (χ0v) is 14.9. The van der Waals surface area contributed by atoms with Crippen LogP contribution in [0.4, 0.5) is 0 Å². The second kappa shape index (κ2) is 5.37. The van der Waals surface area contributed by atoms with Gasteiger partial charge in [0.2, 0.25) is 10.8 Å². The van der Waals surface area contributed by atoms with Gasteiger partial charge in [0.15, 0.2) is 3.95 Å². The van der Waals surface area contributed by atoms with E-state index in [9.17, 15) is 0 Å². The molecule has 0 amide bonds. The molecule has 5 rings (SSSR count). The number of nitrogens with zero attached hydrogens (tertiary/aromatic N) is 3. The lowest BCUT2D eigenvalue weighted by molar-refractivity contribution is 0.954. The van der Waals surface area contributed by atoms with E-state index in [1.165, 1.54) is 22.3 Å². The summed E-state index contributed by atoms with van der Waals surface area (Å²) in [5.74, 6) is 0.732. The van der Waals surface area contributed by atoms with Gasteiger partial charge in [-0.05, 0) is 36.8 Å². The summed E-state index contributed by atoms with van der Waals surface area (Å²) in [4.78, 5) is 4.28. The van der Waals surface area contributed by atoms with Gasteiger partial charge < -0.3 is 4.98 Å². The lowest BCUT2D eigenvalue weighted by Gasteiger charge is -2.04. The molecule has 5 aromatic rings. The summed E-state index contributed by atoms with van der Waals surface area (Å²) in [5.41, 5.74) is 5.49. The first-order valence-electron chi connectivity index (χ1n) is 7.83. The second-order valence-corrected chi connectivity index (χ2v) is 7.58. The van der Waals surface area contributed by atoms with Crippen molar-refractivity contribution in [2.45, 2.75) is 6.92 Å². The molecule has 2 N–H and O–H groups in total. The van der Waals surface area contributed by atoms with Crippen LogP contribution in [-0.2, 0) is 0 Å². The van der Waals surface area contributed by atoms with Gasteiger partial charge in [-0.25, -0.2) is 4.52 Å². The summed E-state index contributed by atoms with van der Waals surface area (Å²) < 4.78 is 2.52. The minimum absolute atomic E-state index is 0.680. The number of rotatable bonds is 2. The van der Waals surface area contributed by atoms with Crippen molar-refractivity contribution in [3.05, 3.63) is 58.0 Å². The lowest BCUT2D eigenvalue weighted by atomic mass is 10.0. The Hall–Kier alpha value is -2.77. The molecule has 0 spiro atoms. The average Bonchev–Trinajstić information content (AvgIpc) is 3.26. The van der Waals surface area contributed by atoms with Crippen molar-refractivity contribution in [2.75, 3.05) is 0 Å². The van der Waals surface area contributed by atoms with E-state index >= 15 is 0 Å². The molecule has 0 aliphatic heterocycles. The largest absolute Gasteiger partial charge is 0.351 e. The topological polar surface area (TPSA) is 61.8 Å². The fourth-order valence-corrected chi connectivity index (χ4v) is 4.10. The SMILES string of the molecule is Cc1ccc2[nH]c(-c3nnc4sc(=S)[nH]n34)c(-c3ccccc3)c2c1. The van der Waals surface area contributed by atoms with Crippen LogP contribution in [0.3, 0.4) is 0 Å². The smallest absolute Gasteiger partial charge is 0.234 e. The van der Waals surface area contributed by atoms with Gasteiger partial charge in [-0.15, -0.1) is 10.2 Å². The van der Waals surface area contributed by atoms with E-state index in [0.29, 0.717) is 3.95 Å². The second-order valence-electron chi connectivity index (χ2n) is 5.93. The minimum atomic E-state index is 0.680. The summed E-state index contributed by atoms with van der Waals surface area (Å²) in [5, 5.41) is 13.0. The molecule has 0 radical (unpaired) electrons. The quantitative estimate of drug-likeness (QED) is 0.435. The monoisotopic (exact) mass is 363 g/mol. The Kier molecular flexibility index (Phi) is 3.13. The summed E-state index contributed by atoms with van der Waals surface area (Å²) in [7, 11) is 0. The molecule has 0 aliphatic rings. The molecule has 0 bridgehead atoms. The third-order valence-electron chi connectivity index (χ3n) is 4.26. The molecule has 0 aliphatic carbocycles. The van der Waals surface area contributed by atoms with Gasteiger partial charge in [-0.3, -0.25) is 5.10 Å². The maximum atomic E-state index is 5.25. The molecule has 0 atom stereocenters. The Labute approximate surface area is 152 Å². The third-order valence-corrected chi connectivity index (χ3v) is 5.33. The van der Waals surface area contributed by atoms with Crippen LogP contribution >= 0.6 is 23.6 Å². The number of benzene rings is 2. The molecule has 122 valence electrons. The Bertz CT molecular complexity index is 1270. The van der Waals surface area contributed by atoms with Crippen LogP contribution < -0.4 is 0 Å². The third kappa shape index (κ3) is 2.24. The highest BCUT2D eigenvalue weighted by molar-refractivity contribution is 7.73. The molecule has 3 aromatic heterocycles. The van der Waals surface area contributed by atoms with E-state index in [1.807, 2.05) is 22.7 Å². The highest BCUT2D eigenvalue weighted by atomic mass is 32.1. The molecular formula is C18H13N5S2. The van der Waals surface area contributed by atoms with E-state index in [1.54, 1.807) is 0 Å². The van der Waals surface area contributed by atoms with Gasteiger partial charge in [0, 0.05) is 16.5 Å². The van der Waals surface area contributed by atoms with E-state index in [4.69, 9.17) is 12.2 Å². The Morgan fingerprint density at radius 2 is 1.92 bits per heavy atom. The molecule has 3 heterocycles. The molecule has 2 aromatic carbocycles. The van der Waals surface area contributed by atoms with Crippen molar-refractivity contribution >= 4 is 39.4 Å². The maximum absolute atomic E-state index is 5.25. The first-order chi connectivity index (χ1) is 12.2. The Balaban J connectivity index is 1.90. The van der Waals surface area contributed by atoms with Crippen LogP contribution in [0.1, 0.15) is 5.56 Å². The fraction of sp³-hybridized carbons (Fsp3) is 0.0556. The zero-order valence-electron chi connectivity index (χ0n) is 13.3. The number of aromatic amines is 2. The van der Waals surface area contributed by atoms with Crippen LogP contribution in [0.5, 0.6) is 0 Å². The maximum Gasteiger partial charge on any atom is 0.234 e. The van der Waals surface area contributed by atoms with Gasteiger partial charge in [-0.2, -0.15) is 0 Å². The highest BCUT2D eigenvalue weighted by Crippen LogP contribution is 2.38. The first kappa shape index (κ1) is 14.6. The van der Waals surface area contributed by atoms with Crippen LogP contribution in [0.15, 0.2) is 48.5 Å². The van der Waals surface area contributed by atoms with Crippen molar-refractivity contribution in [3.8, 4) is 22.6 Å². The average molecular weight is 363 g/mol. The molecule has 7 heteroatoms. The number of fused-ring (bicyclic) bond motifs is 2.